The van der Waals surface area contributed by atoms with E-state index >= 15 is 0 Å². The van der Waals surface area contributed by atoms with Crippen molar-refractivity contribution in [3.63, 3.8) is 0 Å². The zero-order chi connectivity index (χ0) is 10.8. The average molecular weight is 204 g/mol. The van der Waals surface area contributed by atoms with Crippen molar-refractivity contribution in [2.75, 3.05) is 11.4 Å². The van der Waals surface area contributed by atoms with Gasteiger partial charge in [-0.1, -0.05) is 25.1 Å². The van der Waals surface area contributed by atoms with Crippen molar-refractivity contribution in [2.24, 2.45) is 0 Å². The van der Waals surface area contributed by atoms with E-state index in [0.717, 1.165) is 18.7 Å². The lowest BCUT2D eigenvalue weighted by atomic mass is 10.0. The van der Waals surface area contributed by atoms with Crippen molar-refractivity contribution < 1.29 is 4.79 Å². The highest BCUT2D eigenvalue weighted by Gasteiger charge is 2.26. The number of nitrogens with one attached hydrogen (secondary N) is 1. The third kappa shape index (κ3) is 1.69. The number of hydrogen-bond donors (Lipinski definition) is 1. The maximum Gasteiger partial charge on any atom is 0.322 e. The van der Waals surface area contributed by atoms with Crippen LogP contribution in [0.5, 0.6) is 0 Å². The number of fused-ring (bicyclic) bond motifs is 1. The van der Waals surface area contributed by atoms with Crippen molar-refractivity contribution in [1.29, 1.82) is 0 Å². The van der Waals surface area contributed by atoms with E-state index in [1.165, 1.54) is 5.56 Å². The Kier molecular flexibility index (Phi) is 2.62. The van der Waals surface area contributed by atoms with Crippen molar-refractivity contribution in [2.45, 2.75) is 26.3 Å². The normalized spacial score (nSPS) is 19.7. The fourth-order valence-electron chi connectivity index (χ4n) is 2.00. The second-order valence-corrected chi connectivity index (χ2v) is 3.88. The van der Waals surface area contributed by atoms with Crippen LogP contribution in [0.25, 0.3) is 0 Å². The van der Waals surface area contributed by atoms with E-state index in [1.54, 1.807) is 0 Å². The molecule has 80 valence electrons. The zero-order valence-electron chi connectivity index (χ0n) is 9.16. The van der Waals surface area contributed by atoms with E-state index in [-0.39, 0.29) is 12.1 Å². The standard InChI is InChI=1S/C12H16N2O/c1-3-8-14-11-7-5-4-6-10(11)9(2)13-12(14)15/h4-7,9H,3,8H2,1-2H3,(H,13,15). The molecule has 1 aliphatic heterocycles. The molecule has 3 nitrogen and oxygen atoms in total. The maximum absolute atomic E-state index is 11.8. The molecule has 0 fully saturated rings. The topological polar surface area (TPSA) is 32.3 Å². The molecule has 2 amide bonds. The van der Waals surface area contributed by atoms with Gasteiger partial charge in [0, 0.05) is 6.54 Å². The van der Waals surface area contributed by atoms with Gasteiger partial charge in [-0.15, -0.1) is 0 Å². The van der Waals surface area contributed by atoms with E-state index in [2.05, 4.69) is 18.3 Å². The molecule has 0 radical (unpaired) electrons. The molecule has 1 N–H and O–H groups in total. The predicted octanol–water partition coefficient (Wildman–Crippen LogP) is 2.69. The minimum atomic E-state index is 0.0167. The second-order valence-electron chi connectivity index (χ2n) is 3.88. The first-order chi connectivity index (χ1) is 7.24. The molecule has 1 heterocycles. The highest BCUT2D eigenvalue weighted by atomic mass is 16.2. The number of carbonyl (C=O) groups is 1. The van der Waals surface area contributed by atoms with E-state index in [1.807, 2.05) is 30.0 Å². The number of rotatable bonds is 2. The fraction of sp³-hybridized carbons (Fsp3) is 0.417. The molecule has 0 spiro atoms. The smallest absolute Gasteiger partial charge is 0.322 e. The summed E-state index contributed by atoms with van der Waals surface area (Å²) in [6.07, 6.45) is 0.968. The highest BCUT2D eigenvalue weighted by molar-refractivity contribution is 5.95. The van der Waals surface area contributed by atoms with Crippen LogP contribution in [0.15, 0.2) is 24.3 Å². The number of benzene rings is 1. The highest BCUT2D eigenvalue weighted by Crippen LogP contribution is 2.30. The summed E-state index contributed by atoms with van der Waals surface area (Å²) in [6, 6.07) is 8.20. The second kappa shape index (κ2) is 3.93. The Balaban J connectivity index is 2.42. The van der Waals surface area contributed by atoms with Crippen LogP contribution in [-0.2, 0) is 0 Å². The molecular weight excluding hydrogens is 188 g/mol. The monoisotopic (exact) mass is 204 g/mol. The van der Waals surface area contributed by atoms with E-state index < -0.39 is 0 Å². The number of anilines is 1. The van der Waals surface area contributed by atoms with Gasteiger partial charge in [0.1, 0.15) is 0 Å². The summed E-state index contributed by atoms with van der Waals surface area (Å²) in [4.78, 5) is 13.6. The zero-order valence-corrected chi connectivity index (χ0v) is 9.16. The Morgan fingerprint density at radius 3 is 2.87 bits per heavy atom. The number of carbonyl (C=O) groups excluding carboxylic acids is 1. The Morgan fingerprint density at radius 2 is 2.13 bits per heavy atom. The molecule has 2 rings (SSSR count). The van der Waals surface area contributed by atoms with Gasteiger partial charge >= 0.3 is 6.03 Å². The molecule has 3 heteroatoms. The first kappa shape index (κ1) is 10.0. The quantitative estimate of drug-likeness (QED) is 0.789. The molecule has 1 aromatic carbocycles. The number of urea groups is 1. The summed E-state index contributed by atoms with van der Waals surface area (Å²) in [7, 11) is 0. The van der Waals surface area contributed by atoms with Crippen molar-refractivity contribution in [1.82, 2.24) is 5.32 Å². The molecule has 1 atom stereocenters. The van der Waals surface area contributed by atoms with Crippen molar-refractivity contribution >= 4 is 11.7 Å². The number of para-hydroxylation sites is 1. The van der Waals surface area contributed by atoms with Crippen LogP contribution in [0.4, 0.5) is 10.5 Å². The van der Waals surface area contributed by atoms with Crippen LogP contribution < -0.4 is 10.2 Å². The molecule has 0 saturated heterocycles. The summed E-state index contributed by atoms with van der Waals surface area (Å²) < 4.78 is 0. The molecule has 0 bridgehead atoms. The molecule has 1 unspecified atom stereocenters. The van der Waals surface area contributed by atoms with Gasteiger partial charge in [-0.2, -0.15) is 0 Å². The Labute approximate surface area is 90.1 Å². The predicted molar refractivity (Wildman–Crippen MR) is 61.0 cm³/mol. The first-order valence-corrected chi connectivity index (χ1v) is 5.41. The maximum atomic E-state index is 11.8. The Bertz CT molecular complexity index is 376. The summed E-state index contributed by atoms with van der Waals surface area (Å²) in [5, 5.41) is 2.96. The average Bonchev–Trinajstić information content (AvgIpc) is 2.24. The van der Waals surface area contributed by atoms with Crippen LogP contribution in [-0.4, -0.2) is 12.6 Å². The van der Waals surface area contributed by atoms with Gasteiger partial charge in [-0.25, -0.2) is 4.79 Å². The lowest BCUT2D eigenvalue weighted by Gasteiger charge is -2.33. The number of amides is 2. The van der Waals surface area contributed by atoms with Gasteiger partial charge in [0.15, 0.2) is 0 Å². The number of nitrogens with zero attached hydrogens (tertiary/aromatic N) is 1. The summed E-state index contributed by atoms with van der Waals surface area (Å²) in [6.45, 7) is 4.86. The Morgan fingerprint density at radius 1 is 1.40 bits per heavy atom. The molecule has 1 aliphatic rings. The fourth-order valence-corrected chi connectivity index (χ4v) is 2.00. The van der Waals surface area contributed by atoms with Gasteiger partial charge in [0.2, 0.25) is 0 Å². The molecule has 1 aromatic rings. The minimum Gasteiger partial charge on any atom is -0.331 e. The van der Waals surface area contributed by atoms with Gasteiger partial charge < -0.3 is 5.32 Å². The third-order valence-electron chi connectivity index (χ3n) is 2.73. The van der Waals surface area contributed by atoms with Gasteiger partial charge in [0.25, 0.3) is 0 Å². The van der Waals surface area contributed by atoms with Crippen LogP contribution in [0.3, 0.4) is 0 Å². The molecular formula is C12H16N2O. The summed E-state index contributed by atoms with van der Waals surface area (Å²) in [5.41, 5.74) is 2.25. The van der Waals surface area contributed by atoms with Crippen LogP contribution in [0.2, 0.25) is 0 Å². The van der Waals surface area contributed by atoms with Gasteiger partial charge in [-0.05, 0) is 25.0 Å². The van der Waals surface area contributed by atoms with Gasteiger partial charge in [-0.3, -0.25) is 4.90 Å². The molecule has 0 saturated carbocycles. The van der Waals surface area contributed by atoms with E-state index in [4.69, 9.17) is 0 Å². The summed E-state index contributed by atoms with van der Waals surface area (Å²) >= 11 is 0. The van der Waals surface area contributed by atoms with E-state index in [9.17, 15) is 4.79 Å². The minimum absolute atomic E-state index is 0.0167. The van der Waals surface area contributed by atoms with Crippen LogP contribution in [0.1, 0.15) is 31.9 Å². The lowest BCUT2D eigenvalue weighted by molar-refractivity contribution is 0.241. The lowest BCUT2D eigenvalue weighted by Crippen LogP contribution is -2.46. The molecule has 0 aliphatic carbocycles. The van der Waals surface area contributed by atoms with Crippen molar-refractivity contribution in [3.05, 3.63) is 29.8 Å². The van der Waals surface area contributed by atoms with Crippen molar-refractivity contribution in [3.8, 4) is 0 Å². The first-order valence-electron chi connectivity index (χ1n) is 5.41. The molecule has 0 aromatic heterocycles. The van der Waals surface area contributed by atoms with Gasteiger partial charge in [0.05, 0.1) is 11.7 Å². The largest absolute Gasteiger partial charge is 0.331 e. The van der Waals surface area contributed by atoms with Crippen LogP contribution in [0, 0.1) is 0 Å². The van der Waals surface area contributed by atoms with E-state index in [0.29, 0.717) is 0 Å². The van der Waals surface area contributed by atoms with Crippen LogP contribution >= 0.6 is 0 Å². The summed E-state index contributed by atoms with van der Waals surface area (Å²) in [5.74, 6) is 0. The third-order valence-corrected chi connectivity index (χ3v) is 2.73. The Hall–Kier alpha value is -1.51. The SMILES string of the molecule is CCCN1C(=O)NC(C)c2ccccc21. The molecule has 15 heavy (non-hydrogen) atoms. The number of hydrogen-bond acceptors (Lipinski definition) is 1.